The molecule has 0 aromatic heterocycles. The Morgan fingerprint density at radius 3 is 1.95 bits per heavy atom. The molecule has 106 valence electrons. The number of hydrogen-bond acceptors (Lipinski definition) is 1. The third-order valence-corrected chi connectivity index (χ3v) is 3.50. The van der Waals surface area contributed by atoms with Crippen LogP contribution in [-0.4, -0.2) is 0 Å². The molecule has 0 spiro atoms. The summed E-state index contributed by atoms with van der Waals surface area (Å²) < 4.78 is 41.4. The highest BCUT2D eigenvalue weighted by Crippen LogP contribution is 2.31. The quantitative estimate of drug-likeness (QED) is 0.880. The first kappa shape index (κ1) is 14.6. The molecule has 0 aliphatic rings. The lowest BCUT2D eigenvalue weighted by molar-refractivity contribution is 0.537. The van der Waals surface area contributed by atoms with Gasteiger partial charge in [-0.2, -0.15) is 0 Å². The number of benzene rings is 2. The van der Waals surface area contributed by atoms with Gasteiger partial charge in [-0.1, -0.05) is 6.07 Å². The minimum absolute atomic E-state index is 0.178. The monoisotopic (exact) mass is 279 g/mol. The fourth-order valence-corrected chi connectivity index (χ4v) is 2.52. The van der Waals surface area contributed by atoms with Crippen LogP contribution in [0.4, 0.5) is 13.2 Å². The number of rotatable bonds is 2. The van der Waals surface area contributed by atoms with Gasteiger partial charge >= 0.3 is 0 Å². The van der Waals surface area contributed by atoms with Crippen LogP contribution in [0.25, 0.3) is 0 Å². The molecule has 20 heavy (non-hydrogen) atoms. The average Bonchev–Trinajstić information content (AvgIpc) is 2.33. The molecule has 4 heteroatoms. The molecule has 2 aromatic rings. The first-order chi connectivity index (χ1) is 9.32. The van der Waals surface area contributed by atoms with E-state index in [1.165, 1.54) is 24.3 Å². The Morgan fingerprint density at radius 2 is 1.40 bits per heavy atom. The summed E-state index contributed by atoms with van der Waals surface area (Å²) in [6.07, 6.45) is 0. The number of halogens is 3. The number of nitrogens with two attached hydrogens (primary N) is 1. The first-order valence-electron chi connectivity index (χ1n) is 6.29. The van der Waals surface area contributed by atoms with Gasteiger partial charge in [-0.15, -0.1) is 0 Å². The molecule has 0 aliphatic carbocycles. The van der Waals surface area contributed by atoms with Gasteiger partial charge in [0, 0.05) is 5.56 Å². The SMILES string of the molecule is Cc1ccc(F)c(C(N)c2c(C)cc(F)cc2C)c1F. The first-order valence-corrected chi connectivity index (χ1v) is 6.29. The van der Waals surface area contributed by atoms with Gasteiger partial charge in [-0.05, 0) is 61.2 Å². The van der Waals surface area contributed by atoms with Crippen LogP contribution in [0.2, 0.25) is 0 Å². The van der Waals surface area contributed by atoms with E-state index >= 15 is 0 Å². The van der Waals surface area contributed by atoms with Crippen LogP contribution in [-0.2, 0) is 0 Å². The molecule has 1 nitrogen and oxygen atoms in total. The van der Waals surface area contributed by atoms with E-state index in [9.17, 15) is 13.2 Å². The van der Waals surface area contributed by atoms with Gasteiger partial charge < -0.3 is 5.73 Å². The fraction of sp³-hybridized carbons (Fsp3) is 0.250. The molecule has 1 unspecified atom stereocenters. The van der Waals surface area contributed by atoms with Crippen LogP contribution in [0.3, 0.4) is 0 Å². The summed E-state index contributed by atoms with van der Waals surface area (Å²) in [5.74, 6) is -1.73. The van der Waals surface area contributed by atoms with E-state index in [1.54, 1.807) is 20.8 Å². The van der Waals surface area contributed by atoms with Crippen LogP contribution in [0.1, 0.15) is 33.9 Å². The van der Waals surface area contributed by atoms with Crippen molar-refractivity contribution in [1.29, 1.82) is 0 Å². The molecule has 0 saturated heterocycles. The Balaban J connectivity index is 2.64. The van der Waals surface area contributed by atoms with Crippen molar-refractivity contribution in [2.24, 2.45) is 5.73 Å². The average molecular weight is 279 g/mol. The van der Waals surface area contributed by atoms with Gasteiger partial charge in [-0.25, -0.2) is 13.2 Å². The maximum Gasteiger partial charge on any atom is 0.134 e. The Hall–Kier alpha value is -1.81. The van der Waals surface area contributed by atoms with Crippen LogP contribution >= 0.6 is 0 Å². The summed E-state index contributed by atoms with van der Waals surface area (Å²) in [6, 6.07) is 4.23. The summed E-state index contributed by atoms with van der Waals surface area (Å²) in [4.78, 5) is 0. The summed E-state index contributed by atoms with van der Waals surface area (Å²) in [5.41, 5.74) is 7.89. The van der Waals surface area contributed by atoms with E-state index in [0.29, 0.717) is 22.3 Å². The lowest BCUT2D eigenvalue weighted by Gasteiger charge is -2.20. The second kappa shape index (κ2) is 5.29. The fourth-order valence-electron chi connectivity index (χ4n) is 2.52. The van der Waals surface area contributed by atoms with Crippen molar-refractivity contribution < 1.29 is 13.2 Å². The van der Waals surface area contributed by atoms with Gasteiger partial charge in [0.15, 0.2) is 0 Å². The molecule has 0 amide bonds. The predicted octanol–water partition coefficient (Wildman–Crippen LogP) is 4.08. The van der Waals surface area contributed by atoms with Gasteiger partial charge in [0.05, 0.1) is 6.04 Å². The normalized spacial score (nSPS) is 12.6. The summed E-state index contributed by atoms with van der Waals surface area (Å²) in [7, 11) is 0. The third kappa shape index (κ3) is 2.43. The van der Waals surface area contributed by atoms with Crippen LogP contribution in [0, 0.1) is 38.2 Å². The molecule has 2 rings (SSSR count). The van der Waals surface area contributed by atoms with Crippen molar-refractivity contribution in [1.82, 2.24) is 0 Å². The Bertz CT molecular complexity index is 642. The zero-order valence-corrected chi connectivity index (χ0v) is 11.6. The molecule has 0 fully saturated rings. The van der Waals surface area contributed by atoms with E-state index in [-0.39, 0.29) is 11.4 Å². The molecule has 2 N–H and O–H groups in total. The predicted molar refractivity (Wildman–Crippen MR) is 73.0 cm³/mol. The van der Waals surface area contributed by atoms with Gasteiger partial charge in [-0.3, -0.25) is 0 Å². The van der Waals surface area contributed by atoms with E-state index in [2.05, 4.69) is 0 Å². The molecule has 0 saturated carbocycles. The van der Waals surface area contributed by atoms with E-state index < -0.39 is 17.7 Å². The maximum absolute atomic E-state index is 14.1. The number of hydrogen-bond donors (Lipinski definition) is 1. The van der Waals surface area contributed by atoms with E-state index in [0.717, 1.165) is 0 Å². The molecule has 0 aliphatic heterocycles. The van der Waals surface area contributed by atoms with Crippen molar-refractivity contribution in [2.45, 2.75) is 26.8 Å². The second-order valence-electron chi connectivity index (χ2n) is 5.02. The second-order valence-corrected chi connectivity index (χ2v) is 5.02. The van der Waals surface area contributed by atoms with Crippen LogP contribution in [0.15, 0.2) is 24.3 Å². The van der Waals surface area contributed by atoms with E-state index in [1.807, 2.05) is 0 Å². The Morgan fingerprint density at radius 1 is 0.850 bits per heavy atom. The summed E-state index contributed by atoms with van der Waals surface area (Å²) in [6.45, 7) is 4.91. The van der Waals surface area contributed by atoms with E-state index in [4.69, 9.17) is 5.73 Å². The van der Waals surface area contributed by atoms with Crippen LogP contribution in [0.5, 0.6) is 0 Å². The minimum atomic E-state index is -0.963. The molecule has 1 atom stereocenters. The summed E-state index contributed by atoms with van der Waals surface area (Å²) in [5, 5.41) is 0. The lowest BCUT2D eigenvalue weighted by Crippen LogP contribution is -2.19. The number of aryl methyl sites for hydroxylation is 3. The van der Waals surface area contributed by atoms with Crippen molar-refractivity contribution in [3.8, 4) is 0 Å². The van der Waals surface area contributed by atoms with Crippen molar-refractivity contribution in [2.75, 3.05) is 0 Å². The zero-order valence-electron chi connectivity index (χ0n) is 11.6. The summed E-state index contributed by atoms with van der Waals surface area (Å²) >= 11 is 0. The highest BCUT2D eigenvalue weighted by atomic mass is 19.1. The van der Waals surface area contributed by atoms with Crippen LogP contribution < -0.4 is 5.73 Å². The Kier molecular flexibility index (Phi) is 3.86. The highest BCUT2D eigenvalue weighted by Gasteiger charge is 2.23. The lowest BCUT2D eigenvalue weighted by atomic mass is 9.90. The Labute approximate surface area is 116 Å². The minimum Gasteiger partial charge on any atom is -0.320 e. The van der Waals surface area contributed by atoms with Gasteiger partial charge in [0.25, 0.3) is 0 Å². The maximum atomic E-state index is 14.1. The third-order valence-electron chi connectivity index (χ3n) is 3.50. The molecular weight excluding hydrogens is 263 g/mol. The van der Waals surface area contributed by atoms with Crippen molar-refractivity contribution >= 4 is 0 Å². The standard InChI is InChI=1S/C16H16F3N/c1-8-4-5-12(18)14(15(8)19)16(20)13-9(2)6-11(17)7-10(13)3/h4-7,16H,20H2,1-3H3. The molecule has 0 radical (unpaired) electrons. The molecule has 2 aromatic carbocycles. The zero-order chi connectivity index (χ0) is 15.0. The van der Waals surface area contributed by atoms with Crippen molar-refractivity contribution in [3.05, 3.63) is 69.5 Å². The van der Waals surface area contributed by atoms with Gasteiger partial charge in [0.1, 0.15) is 17.5 Å². The largest absolute Gasteiger partial charge is 0.320 e. The molecule has 0 bridgehead atoms. The molecule has 0 heterocycles. The van der Waals surface area contributed by atoms with Crippen molar-refractivity contribution in [3.63, 3.8) is 0 Å². The smallest absolute Gasteiger partial charge is 0.134 e. The molecular formula is C16H16F3N. The highest BCUT2D eigenvalue weighted by molar-refractivity contribution is 5.43. The van der Waals surface area contributed by atoms with Gasteiger partial charge in [0.2, 0.25) is 0 Å². The topological polar surface area (TPSA) is 26.0 Å².